The van der Waals surface area contributed by atoms with Crippen LogP contribution in [0.5, 0.6) is 0 Å². The highest BCUT2D eigenvalue weighted by molar-refractivity contribution is 9.10. The summed E-state index contributed by atoms with van der Waals surface area (Å²) in [5.74, 6) is 0.312. The average Bonchev–Trinajstić information content (AvgIpc) is 3.01. The molecule has 0 fully saturated rings. The first-order valence-electron chi connectivity index (χ1n) is 7.66. The summed E-state index contributed by atoms with van der Waals surface area (Å²) < 4.78 is 0.864. The zero-order chi connectivity index (χ0) is 17.6. The van der Waals surface area contributed by atoms with Crippen molar-refractivity contribution in [1.29, 1.82) is 0 Å². The molecule has 0 radical (unpaired) electrons. The Morgan fingerprint density at radius 1 is 1.16 bits per heavy atom. The number of aromatic amines is 1. The fourth-order valence-corrected chi connectivity index (χ4v) is 2.96. The van der Waals surface area contributed by atoms with Crippen molar-refractivity contribution in [3.8, 4) is 11.3 Å². The number of hydroxylamine groups is 1. The monoisotopic (exact) mass is 397 g/mol. The molecular formula is C19H16BrN3O2. The van der Waals surface area contributed by atoms with Crippen LogP contribution in [0.1, 0.15) is 17.0 Å². The molecule has 0 bridgehead atoms. The summed E-state index contributed by atoms with van der Waals surface area (Å²) in [7, 11) is 0. The number of imidazole rings is 1. The lowest BCUT2D eigenvalue weighted by Gasteiger charge is -2.00. The van der Waals surface area contributed by atoms with Gasteiger partial charge in [0.2, 0.25) is 0 Å². The Balaban J connectivity index is 1.73. The Labute approximate surface area is 153 Å². The summed E-state index contributed by atoms with van der Waals surface area (Å²) in [6, 6.07) is 17.8. The van der Waals surface area contributed by atoms with E-state index in [0.29, 0.717) is 6.42 Å². The van der Waals surface area contributed by atoms with Crippen LogP contribution in [0, 0.1) is 0 Å². The number of nitrogens with zero attached hydrogens (tertiary/aromatic N) is 1. The van der Waals surface area contributed by atoms with Crippen LogP contribution in [0.3, 0.4) is 0 Å². The Morgan fingerprint density at radius 3 is 2.56 bits per heavy atom. The van der Waals surface area contributed by atoms with E-state index in [2.05, 4.69) is 25.9 Å². The molecule has 0 spiro atoms. The summed E-state index contributed by atoms with van der Waals surface area (Å²) in [5, 5.41) is 8.46. The lowest BCUT2D eigenvalue weighted by atomic mass is 10.1. The van der Waals surface area contributed by atoms with Gasteiger partial charge in [0, 0.05) is 18.1 Å². The molecule has 1 amide bonds. The van der Waals surface area contributed by atoms with Gasteiger partial charge in [-0.1, -0.05) is 54.6 Å². The van der Waals surface area contributed by atoms with Gasteiger partial charge >= 0.3 is 0 Å². The number of benzene rings is 2. The molecule has 0 unspecified atom stereocenters. The third-order valence-corrected chi connectivity index (χ3v) is 4.22. The maximum Gasteiger partial charge on any atom is 0.267 e. The molecule has 2 aromatic carbocycles. The van der Waals surface area contributed by atoms with E-state index in [4.69, 9.17) is 5.21 Å². The molecule has 5 nitrogen and oxygen atoms in total. The fourth-order valence-electron chi connectivity index (χ4n) is 2.42. The molecule has 126 valence electrons. The van der Waals surface area contributed by atoms with Crippen LogP contribution >= 0.6 is 15.9 Å². The number of amides is 1. The Kier molecular flexibility index (Phi) is 5.42. The van der Waals surface area contributed by atoms with E-state index in [-0.39, 0.29) is 0 Å². The minimum Gasteiger partial charge on any atom is -0.336 e. The van der Waals surface area contributed by atoms with E-state index < -0.39 is 5.91 Å². The number of hydrogen-bond donors (Lipinski definition) is 3. The minimum absolute atomic E-state index is 0.557. The van der Waals surface area contributed by atoms with Crippen molar-refractivity contribution < 1.29 is 10.0 Å². The van der Waals surface area contributed by atoms with E-state index >= 15 is 0 Å². The molecule has 0 atom stereocenters. The van der Waals surface area contributed by atoms with Gasteiger partial charge in [-0.05, 0) is 33.1 Å². The first kappa shape index (κ1) is 17.1. The van der Waals surface area contributed by atoms with Gasteiger partial charge in [0.05, 0.1) is 0 Å². The highest BCUT2D eigenvalue weighted by atomic mass is 79.9. The van der Waals surface area contributed by atoms with Crippen LogP contribution in [0.15, 0.2) is 65.3 Å². The van der Waals surface area contributed by atoms with E-state index in [0.717, 1.165) is 32.8 Å². The van der Waals surface area contributed by atoms with E-state index in [9.17, 15) is 4.79 Å². The summed E-state index contributed by atoms with van der Waals surface area (Å²) in [4.78, 5) is 18.9. The first-order valence-corrected chi connectivity index (χ1v) is 8.46. The van der Waals surface area contributed by atoms with Crippen LogP contribution < -0.4 is 5.48 Å². The SMILES string of the molecule is O=C(C=Cc1ccc(Cc2nc(-c3ccccc3)c(Br)[nH]2)cc1)NO. The second-order valence-corrected chi connectivity index (χ2v) is 6.23. The van der Waals surface area contributed by atoms with Gasteiger partial charge < -0.3 is 4.98 Å². The average molecular weight is 398 g/mol. The molecule has 1 aromatic heterocycles. The van der Waals surface area contributed by atoms with Gasteiger partial charge in [-0.3, -0.25) is 10.0 Å². The summed E-state index contributed by atoms with van der Waals surface area (Å²) in [6.45, 7) is 0. The Bertz CT molecular complexity index is 887. The second-order valence-electron chi connectivity index (χ2n) is 5.44. The fraction of sp³-hybridized carbons (Fsp3) is 0.0526. The van der Waals surface area contributed by atoms with Gasteiger partial charge in [-0.25, -0.2) is 10.5 Å². The molecule has 0 aliphatic carbocycles. The molecule has 3 aromatic rings. The van der Waals surface area contributed by atoms with Gasteiger partial charge in [0.15, 0.2) is 0 Å². The van der Waals surface area contributed by atoms with Crippen molar-refractivity contribution >= 4 is 27.9 Å². The zero-order valence-corrected chi connectivity index (χ0v) is 14.8. The molecule has 3 rings (SSSR count). The van der Waals surface area contributed by atoms with Gasteiger partial charge in [-0.15, -0.1) is 0 Å². The number of rotatable bonds is 5. The Morgan fingerprint density at radius 2 is 1.88 bits per heavy atom. The zero-order valence-electron chi connectivity index (χ0n) is 13.2. The van der Waals surface area contributed by atoms with Crippen molar-refractivity contribution in [1.82, 2.24) is 15.4 Å². The minimum atomic E-state index is -0.557. The molecule has 0 saturated heterocycles. The number of hydrogen-bond acceptors (Lipinski definition) is 3. The van der Waals surface area contributed by atoms with Gasteiger partial charge in [-0.2, -0.15) is 0 Å². The number of carbonyl (C=O) groups excluding carboxylic acids is 1. The smallest absolute Gasteiger partial charge is 0.267 e. The van der Waals surface area contributed by atoms with Crippen molar-refractivity contribution in [3.63, 3.8) is 0 Å². The summed E-state index contributed by atoms with van der Waals surface area (Å²) in [5.41, 5.74) is 5.48. The first-order chi connectivity index (χ1) is 12.2. The highest BCUT2D eigenvalue weighted by Crippen LogP contribution is 2.26. The van der Waals surface area contributed by atoms with Crippen molar-refractivity contribution in [2.75, 3.05) is 0 Å². The van der Waals surface area contributed by atoms with E-state index in [1.807, 2.05) is 54.6 Å². The van der Waals surface area contributed by atoms with Crippen LogP contribution in [-0.4, -0.2) is 21.1 Å². The van der Waals surface area contributed by atoms with Crippen molar-refractivity contribution in [2.24, 2.45) is 0 Å². The maximum atomic E-state index is 11.0. The largest absolute Gasteiger partial charge is 0.336 e. The third-order valence-electron chi connectivity index (χ3n) is 3.64. The van der Waals surface area contributed by atoms with Crippen molar-refractivity contribution in [2.45, 2.75) is 6.42 Å². The predicted octanol–water partition coefficient (Wildman–Crippen LogP) is 3.95. The topological polar surface area (TPSA) is 78.0 Å². The molecule has 3 N–H and O–H groups in total. The maximum absolute atomic E-state index is 11.0. The molecule has 0 aliphatic rings. The normalized spacial score (nSPS) is 11.0. The molecule has 0 saturated carbocycles. The number of halogens is 1. The van der Waals surface area contributed by atoms with Gasteiger partial charge in [0.1, 0.15) is 16.1 Å². The summed E-state index contributed by atoms with van der Waals surface area (Å²) in [6.07, 6.45) is 3.57. The molecule has 0 aliphatic heterocycles. The number of nitrogens with one attached hydrogen (secondary N) is 2. The molecule has 6 heteroatoms. The summed E-state index contributed by atoms with van der Waals surface area (Å²) >= 11 is 3.53. The quantitative estimate of drug-likeness (QED) is 0.346. The molecule has 1 heterocycles. The Hall–Kier alpha value is -2.70. The predicted molar refractivity (Wildman–Crippen MR) is 99.9 cm³/mol. The van der Waals surface area contributed by atoms with Gasteiger partial charge in [0.25, 0.3) is 5.91 Å². The van der Waals surface area contributed by atoms with Crippen LogP contribution in [0.25, 0.3) is 17.3 Å². The van der Waals surface area contributed by atoms with E-state index in [1.54, 1.807) is 11.6 Å². The van der Waals surface area contributed by atoms with Crippen LogP contribution in [0.2, 0.25) is 0 Å². The lowest BCUT2D eigenvalue weighted by Crippen LogP contribution is -2.14. The van der Waals surface area contributed by atoms with Crippen LogP contribution in [0.4, 0.5) is 0 Å². The standard InChI is InChI=1S/C19H16BrN3O2/c20-19-18(15-4-2-1-3-5-15)21-16(22-19)12-14-8-6-13(7-9-14)10-11-17(24)23-25/h1-11,25H,12H2,(H,21,22)(H,23,24). The van der Waals surface area contributed by atoms with Crippen LogP contribution in [-0.2, 0) is 11.2 Å². The highest BCUT2D eigenvalue weighted by Gasteiger charge is 2.10. The molecule has 25 heavy (non-hydrogen) atoms. The van der Waals surface area contributed by atoms with E-state index in [1.165, 1.54) is 6.08 Å². The number of aromatic nitrogens is 2. The third kappa shape index (κ3) is 4.43. The van der Waals surface area contributed by atoms with Crippen molar-refractivity contribution in [3.05, 3.63) is 82.2 Å². The lowest BCUT2D eigenvalue weighted by molar-refractivity contribution is -0.124. The number of H-pyrrole nitrogens is 1. The second kappa shape index (κ2) is 7.92. The molecular weight excluding hydrogens is 382 g/mol. The number of carbonyl (C=O) groups is 1.